The fraction of sp³-hybridized carbons (Fsp3) is 0.571. The van der Waals surface area contributed by atoms with Gasteiger partial charge < -0.3 is 29.7 Å². The van der Waals surface area contributed by atoms with Crippen molar-refractivity contribution in [2.24, 2.45) is 0 Å². The highest BCUT2D eigenvalue weighted by Gasteiger charge is 2.36. The molecular weight excluding hydrogens is 728 g/mol. The Hall–Kier alpha value is -2.67. The van der Waals surface area contributed by atoms with Gasteiger partial charge in [-0.2, -0.15) is 0 Å². The molecule has 0 unspecified atom stereocenters. The third-order valence-electron chi connectivity index (χ3n) is 10.4. The highest BCUT2D eigenvalue weighted by Crippen LogP contribution is 2.28. The van der Waals surface area contributed by atoms with Crippen LogP contribution in [0, 0.1) is 0 Å². The van der Waals surface area contributed by atoms with E-state index in [1.165, 1.54) is 0 Å². The Morgan fingerprint density at radius 3 is 2.23 bits per heavy atom. The van der Waals surface area contributed by atoms with Crippen molar-refractivity contribution in [3.63, 3.8) is 0 Å². The number of likely N-dealkylation sites (tertiary alicyclic amines) is 2. The summed E-state index contributed by atoms with van der Waals surface area (Å²) in [5.74, 6) is -0.123. The molecule has 12 heteroatoms. The predicted octanol–water partition coefficient (Wildman–Crippen LogP) is 5.44. The van der Waals surface area contributed by atoms with Gasteiger partial charge in [-0.05, 0) is 99.8 Å². The lowest BCUT2D eigenvalue weighted by atomic mass is 10.0. The summed E-state index contributed by atoms with van der Waals surface area (Å²) in [4.78, 5) is 51.2. The van der Waals surface area contributed by atoms with E-state index >= 15 is 0 Å². The number of amides is 4. The first-order chi connectivity index (χ1) is 22.8. The van der Waals surface area contributed by atoms with Crippen molar-refractivity contribution in [3.05, 3.63) is 62.5 Å². The van der Waals surface area contributed by atoms with Gasteiger partial charge in [0.2, 0.25) is 0 Å². The molecule has 0 spiro atoms. The zero-order valence-corrected chi connectivity index (χ0v) is 30.4. The quantitative estimate of drug-likeness (QED) is 0.404. The molecule has 6 rings (SSSR count). The molecule has 47 heavy (non-hydrogen) atoms. The van der Waals surface area contributed by atoms with E-state index in [-0.39, 0.29) is 18.0 Å². The van der Waals surface area contributed by atoms with Gasteiger partial charge in [0.15, 0.2) is 6.10 Å². The van der Waals surface area contributed by atoms with E-state index < -0.39 is 12.2 Å². The van der Waals surface area contributed by atoms with Crippen LogP contribution in [0.25, 0.3) is 0 Å². The molecule has 4 aliphatic rings. The van der Waals surface area contributed by atoms with Crippen LogP contribution in [0.15, 0.2) is 51.4 Å². The topological polar surface area (TPSA) is 88.7 Å². The number of hydrogen-bond acceptors (Lipinski definition) is 6. The summed E-state index contributed by atoms with van der Waals surface area (Å²) < 4.78 is 7.88. The summed E-state index contributed by atoms with van der Waals surface area (Å²) in [5, 5.41) is 3.06. The van der Waals surface area contributed by atoms with Crippen molar-refractivity contribution >= 4 is 55.6 Å². The molecule has 4 heterocycles. The number of halogens is 2. The summed E-state index contributed by atoms with van der Waals surface area (Å²) in [5.41, 5.74) is 2.92. The van der Waals surface area contributed by atoms with Crippen LogP contribution in [0.1, 0.15) is 43.7 Å². The van der Waals surface area contributed by atoms with E-state index in [0.717, 1.165) is 77.7 Å². The fourth-order valence-corrected chi connectivity index (χ4v) is 8.13. The molecule has 0 radical (unpaired) electrons. The second kappa shape index (κ2) is 15.7. The molecule has 0 aliphatic carbocycles. The number of carbonyl (C=O) groups excluding carboxylic acids is 3. The molecule has 3 fully saturated rings. The van der Waals surface area contributed by atoms with E-state index in [0.29, 0.717) is 58.0 Å². The molecule has 0 aromatic heterocycles. The molecular formula is C35H46Br2N6O4. The third kappa shape index (κ3) is 8.32. The van der Waals surface area contributed by atoms with Crippen molar-refractivity contribution in [3.8, 4) is 0 Å². The maximum Gasteiger partial charge on any atom is 0.410 e. The van der Waals surface area contributed by atoms with Crippen LogP contribution in [0.4, 0.5) is 15.3 Å². The Morgan fingerprint density at radius 1 is 0.851 bits per heavy atom. The third-order valence-corrected chi connectivity index (χ3v) is 12.3. The van der Waals surface area contributed by atoms with Crippen LogP contribution in [0.3, 0.4) is 0 Å². The smallest absolute Gasteiger partial charge is 0.410 e. The number of benzene rings is 2. The number of rotatable bonds is 7. The van der Waals surface area contributed by atoms with Gasteiger partial charge in [0.05, 0.1) is 0 Å². The fourth-order valence-electron chi connectivity index (χ4n) is 7.45. The molecule has 4 aliphatic heterocycles. The number of ether oxygens (including phenoxy) is 1. The first-order valence-electron chi connectivity index (χ1n) is 17.1. The van der Waals surface area contributed by atoms with Crippen molar-refractivity contribution in [1.29, 1.82) is 0 Å². The molecule has 3 saturated heterocycles. The Morgan fingerprint density at radius 2 is 1.53 bits per heavy atom. The summed E-state index contributed by atoms with van der Waals surface area (Å²) in [6, 6.07) is 14.2. The van der Waals surface area contributed by atoms with E-state index in [4.69, 9.17) is 4.74 Å². The number of para-hydroxylation sites is 1. The van der Waals surface area contributed by atoms with E-state index in [2.05, 4.69) is 60.0 Å². The standard InChI is InChI=1S/C35H46Br2N6O4/c1-2-39-19-21-40(22-20-39)27-10-14-41(15-11-27)33(44)32(24-25-7-8-29(36)30(37)23-25)47-35(46)42-16-12-28(13-17-42)43-18-9-26-5-3-4-6-31(26)38-34(43)45/h3-8,23,27-28,32H,2,9-22,24H2,1H3,(H,38,45)/t32-/m1/s1. The maximum absolute atomic E-state index is 14.0. The van der Waals surface area contributed by atoms with Gasteiger partial charge in [-0.25, -0.2) is 9.59 Å². The average molecular weight is 775 g/mol. The number of fused-ring (bicyclic) bond motifs is 1. The van der Waals surface area contributed by atoms with Crippen molar-refractivity contribution in [2.75, 3.05) is 70.8 Å². The minimum atomic E-state index is -0.909. The summed E-state index contributed by atoms with van der Waals surface area (Å²) in [6.45, 7) is 10.6. The number of nitrogens with zero attached hydrogens (tertiary/aromatic N) is 5. The van der Waals surface area contributed by atoms with E-state index in [1.807, 2.05) is 46.2 Å². The number of hydrogen-bond donors (Lipinski definition) is 1. The second-order valence-corrected chi connectivity index (χ2v) is 14.8. The summed E-state index contributed by atoms with van der Waals surface area (Å²) in [7, 11) is 0. The molecule has 4 amide bonds. The average Bonchev–Trinajstić information content (AvgIpc) is 3.27. The lowest BCUT2D eigenvalue weighted by molar-refractivity contribution is -0.142. The largest absolute Gasteiger partial charge is 0.436 e. The lowest BCUT2D eigenvalue weighted by Crippen LogP contribution is -2.55. The molecule has 0 bridgehead atoms. The summed E-state index contributed by atoms with van der Waals surface area (Å²) >= 11 is 7.10. The number of urea groups is 1. The van der Waals surface area contributed by atoms with Gasteiger partial charge in [-0.15, -0.1) is 0 Å². The molecule has 1 N–H and O–H groups in total. The molecule has 1 atom stereocenters. The molecule has 10 nitrogen and oxygen atoms in total. The monoisotopic (exact) mass is 772 g/mol. The van der Waals surface area contributed by atoms with Crippen LogP contribution >= 0.6 is 31.9 Å². The van der Waals surface area contributed by atoms with Gasteiger partial charge in [0.1, 0.15) is 0 Å². The van der Waals surface area contributed by atoms with Crippen LogP contribution in [-0.2, 0) is 22.4 Å². The number of likely N-dealkylation sites (N-methyl/N-ethyl adjacent to an activating group) is 1. The van der Waals surface area contributed by atoms with E-state index in [1.54, 1.807) is 4.90 Å². The van der Waals surface area contributed by atoms with Crippen LogP contribution < -0.4 is 5.32 Å². The molecule has 254 valence electrons. The minimum Gasteiger partial charge on any atom is -0.436 e. The normalized spacial score (nSPS) is 21.2. The maximum atomic E-state index is 14.0. The van der Waals surface area contributed by atoms with Crippen LogP contribution in [-0.4, -0.2) is 126 Å². The van der Waals surface area contributed by atoms with E-state index in [9.17, 15) is 14.4 Å². The molecule has 2 aromatic carbocycles. The zero-order valence-electron chi connectivity index (χ0n) is 27.2. The Balaban J connectivity index is 1.06. The number of piperazine rings is 1. The number of piperidine rings is 2. The van der Waals surface area contributed by atoms with Crippen molar-refractivity contribution in [2.45, 2.75) is 63.6 Å². The van der Waals surface area contributed by atoms with Gasteiger partial charge >= 0.3 is 12.1 Å². The number of carbonyl (C=O) groups is 3. The highest BCUT2D eigenvalue weighted by atomic mass is 79.9. The highest BCUT2D eigenvalue weighted by molar-refractivity contribution is 9.13. The zero-order chi connectivity index (χ0) is 32.9. The lowest BCUT2D eigenvalue weighted by Gasteiger charge is -2.43. The SMILES string of the molecule is CCN1CCN(C2CCN(C(=O)[C@@H](Cc3ccc(Br)c(Br)c3)OC(=O)N3CCC(N4CCc5ccccc5NC4=O)CC3)CC2)CC1. The van der Waals surface area contributed by atoms with Gasteiger partial charge in [-0.3, -0.25) is 9.69 Å². The summed E-state index contributed by atoms with van der Waals surface area (Å²) in [6.07, 6.45) is 2.92. The van der Waals surface area contributed by atoms with Gasteiger partial charge in [0.25, 0.3) is 5.91 Å². The second-order valence-electron chi connectivity index (χ2n) is 13.1. The van der Waals surface area contributed by atoms with Gasteiger partial charge in [0, 0.05) is 92.0 Å². The Labute approximate surface area is 295 Å². The Kier molecular flexibility index (Phi) is 11.4. The first kappa shape index (κ1) is 34.2. The number of nitrogens with one attached hydrogen (secondary N) is 1. The van der Waals surface area contributed by atoms with Crippen molar-refractivity contribution in [1.82, 2.24) is 24.5 Å². The van der Waals surface area contributed by atoms with Gasteiger partial charge in [-0.1, -0.05) is 31.2 Å². The Bertz CT molecular complexity index is 1420. The van der Waals surface area contributed by atoms with Crippen LogP contribution in [0.5, 0.6) is 0 Å². The molecule has 0 saturated carbocycles. The predicted molar refractivity (Wildman–Crippen MR) is 190 cm³/mol. The molecule has 2 aromatic rings. The number of anilines is 1. The first-order valence-corrected chi connectivity index (χ1v) is 18.7. The minimum absolute atomic E-state index is 0.0390. The van der Waals surface area contributed by atoms with Crippen molar-refractivity contribution < 1.29 is 19.1 Å². The van der Waals surface area contributed by atoms with Crippen LogP contribution in [0.2, 0.25) is 0 Å².